The number of nitrogens with two attached hydrogens (primary N) is 1. The Morgan fingerprint density at radius 1 is 1.23 bits per heavy atom. The van der Waals surface area contributed by atoms with E-state index in [9.17, 15) is 4.79 Å². The second-order valence-corrected chi connectivity index (χ2v) is 6.98. The van der Waals surface area contributed by atoms with Gasteiger partial charge in [-0.15, -0.1) is 0 Å². The van der Waals surface area contributed by atoms with Crippen LogP contribution in [0.4, 0.5) is 5.69 Å². The highest BCUT2D eigenvalue weighted by atomic mass is 16.5. The summed E-state index contributed by atoms with van der Waals surface area (Å²) in [5.41, 5.74) is 6.68. The minimum absolute atomic E-state index is 0.0116. The average Bonchev–Trinajstić information content (AvgIpc) is 3.35. The zero-order chi connectivity index (χ0) is 18.5. The zero-order valence-corrected chi connectivity index (χ0v) is 15.6. The lowest BCUT2D eigenvalue weighted by molar-refractivity contribution is -0.132. The first kappa shape index (κ1) is 18.8. The molecule has 3 atom stereocenters. The zero-order valence-electron chi connectivity index (χ0n) is 15.6. The number of hydrogen-bond acceptors (Lipinski definition) is 6. The number of ether oxygens (including phenoxy) is 3. The SMILES string of the molecule is COc1cc(OC)cc(N2CCC(CNC(=O)[C@@H]3CC[C@H](CN)O3)C2)c1. The third-order valence-electron chi connectivity index (χ3n) is 5.22. The van der Waals surface area contributed by atoms with Crippen LogP contribution >= 0.6 is 0 Å². The summed E-state index contributed by atoms with van der Waals surface area (Å²) in [6.45, 7) is 2.99. The molecule has 3 rings (SSSR count). The number of nitrogens with zero attached hydrogens (tertiary/aromatic N) is 1. The quantitative estimate of drug-likeness (QED) is 0.756. The third-order valence-corrected chi connectivity index (χ3v) is 5.22. The van der Waals surface area contributed by atoms with E-state index in [2.05, 4.69) is 10.2 Å². The van der Waals surface area contributed by atoms with Gasteiger partial charge in [0, 0.05) is 50.1 Å². The predicted molar refractivity (Wildman–Crippen MR) is 99.8 cm³/mol. The van der Waals surface area contributed by atoms with Crippen LogP contribution in [0.15, 0.2) is 18.2 Å². The first-order valence-corrected chi connectivity index (χ1v) is 9.24. The van der Waals surface area contributed by atoms with Gasteiger partial charge in [0.05, 0.1) is 20.3 Å². The van der Waals surface area contributed by atoms with Crippen molar-refractivity contribution in [3.8, 4) is 11.5 Å². The molecule has 7 heteroatoms. The highest BCUT2D eigenvalue weighted by molar-refractivity contribution is 5.81. The van der Waals surface area contributed by atoms with Crippen molar-refractivity contribution in [3.63, 3.8) is 0 Å². The number of methoxy groups -OCH3 is 2. The maximum atomic E-state index is 12.3. The molecule has 0 aromatic heterocycles. The van der Waals surface area contributed by atoms with Crippen LogP contribution in [0, 0.1) is 5.92 Å². The van der Waals surface area contributed by atoms with Crippen LogP contribution in [0.3, 0.4) is 0 Å². The summed E-state index contributed by atoms with van der Waals surface area (Å²) in [6, 6.07) is 5.90. The van der Waals surface area contributed by atoms with Crippen molar-refractivity contribution in [2.75, 3.05) is 45.3 Å². The number of carbonyl (C=O) groups is 1. The first-order chi connectivity index (χ1) is 12.6. The molecule has 1 aromatic carbocycles. The van der Waals surface area contributed by atoms with E-state index in [0.717, 1.165) is 49.5 Å². The van der Waals surface area contributed by atoms with Gasteiger partial charge in [-0.2, -0.15) is 0 Å². The molecule has 2 saturated heterocycles. The van der Waals surface area contributed by atoms with E-state index in [1.165, 1.54) is 0 Å². The summed E-state index contributed by atoms with van der Waals surface area (Å²) < 4.78 is 16.4. The average molecular weight is 363 g/mol. The summed E-state index contributed by atoms with van der Waals surface area (Å²) in [5, 5.41) is 3.05. The Bertz CT molecular complexity index is 603. The molecular weight excluding hydrogens is 334 g/mol. The van der Waals surface area contributed by atoms with Gasteiger partial charge in [-0.05, 0) is 25.2 Å². The molecule has 0 aliphatic carbocycles. The van der Waals surface area contributed by atoms with Gasteiger partial charge in [0.25, 0.3) is 0 Å². The Morgan fingerprint density at radius 2 is 1.96 bits per heavy atom. The summed E-state index contributed by atoms with van der Waals surface area (Å²) >= 11 is 0. The molecule has 1 amide bonds. The van der Waals surface area contributed by atoms with Gasteiger partial charge in [0.2, 0.25) is 5.91 Å². The Morgan fingerprint density at radius 3 is 2.58 bits per heavy atom. The molecule has 0 spiro atoms. The van der Waals surface area contributed by atoms with Crippen molar-refractivity contribution in [3.05, 3.63) is 18.2 Å². The topological polar surface area (TPSA) is 86.1 Å². The standard InChI is InChI=1S/C19H29N3O4/c1-24-16-7-14(8-17(9-16)25-2)22-6-5-13(12-22)11-21-19(23)18-4-3-15(10-20)26-18/h7-9,13,15,18H,3-6,10-12,20H2,1-2H3,(H,21,23)/t13?,15-,18+/m1/s1. The van der Waals surface area contributed by atoms with Crippen LogP contribution in [-0.2, 0) is 9.53 Å². The number of hydrogen-bond donors (Lipinski definition) is 2. The van der Waals surface area contributed by atoms with Crippen molar-refractivity contribution >= 4 is 11.6 Å². The molecule has 2 fully saturated rings. The van der Waals surface area contributed by atoms with Gasteiger partial charge >= 0.3 is 0 Å². The number of benzene rings is 1. The van der Waals surface area contributed by atoms with Gasteiger partial charge < -0.3 is 30.2 Å². The van der Waals surface area contributed by atoms with Crippen LogP contribution in [0.1, 0.15) is 19.3 Å². The molecule has 1 aromatic rings. The van der Waals surface area contributed by atoms with Gasteiger partial charge in [0.1, 0.15) is 17.6 Å². The Hall–Kier alpha value is -1.99. The number of amides is 1. The third kappa shape index (κ3) is 4.40. The largest absolute Gasteiger partial charge is 0.497 e. The Labute approximate surface area is 154 Å². The molecule has 0 saturated carbocycles. The number of carbonyl (C=O) groups excluding carboxylic acids is 1. The minimum atomic E-state index is -0.344. The molecule has 2 heterocycles. The second-order valence-electron chi connectivity index (χ2n) is 6.98. The van der Waals surface area contributed by atoms with E-state index < -0.39 is 0 Å². The van der Waals surface area contributed by atoms with Crippen molar-refractivity contribution in [1.29, 1.82) is 0 Å². The fourth-order valence-electron chi connectivity index (χ4n) is 3.64. The fraction of sp³-hybridized carbons (Fsp3) is 0.632. The van der Waals surface area contributed by atoms with Crippen LogP contribution in [0.5, 0.6) is 11.5 Å². The fourth-order valence-corrected chi connectivity index (χ4v) is 3.64. The van der Waals surface area contributed by atoms with E-state index in [-0.39, 0.29) is 18.1 Å². The summed E-state index contributed by atoms with van der Waals surface area (Å²) in [4.78, 5) is 14.6. The van der Waals surface area contributed by atoms with Crippen molar-refractivity contribution in [1.82, 2.24) is 5.32 Å². The van der Waals surface area contributed by atoms with E-state index in [4.69, 9.17) is 19.9 Å². The number of nitrogens with one attached hydrogen (secondary N) is 1. The van der Waals surface area contributed by atoms with Gasteiger partial charge in [-0.25, -0.2) is 0 Å². The van der Waals surface area contributed by atoms with Crippen LogP contribution < -0.4 is 25.4 Å². The molecule has 2 aliphatic rings. The molecule has 26 heavy (non-hydrogen) atoms. The van der Waals surface area contributed by atoms with E-state index in [1.54, 1.807) is 14.2 Å². The lowest BCUT2D eigenvalue weighted by Crippen LogP contribution is -2.38. The Kier molecular flexibility index (Phi) is 6.21. The molecular formula is C19H29N3O4. The van der Waals surface area contributed by atoms with E-state index in [0.29, 0.717) is 19.0 Å². The van der Waals surface area contributed by atoms with Gasteiger partial charge in [-0.3, -0.25) is 4.79 Å². The van der Waals surface area contributed by atoms with E-state index >= 15 is 0 Å². The molecule has 1 unspecified atom stereocenters. The van der Waals surface area contributed by atoms with Crippen molar-refractivity contribution in [2.24, 2.45) is 11.7 Å². The number of anilines is 1. The van der Waals surface area contributed by atoms with Crippen LogP contribution in [-0.4, -0.2) is 58.5 Å². The minimum Gasteiger partial charge on any atom is -0.497 e. The predicted octanol–water partition coefficient (Wildman–Crippen LogP) is 1.15. The molecule has 2 aliphatic heterocycles. The van der Waals surface area contributed by atoms with Crippen molar-refractivity contribution in [2.45, 2.75) is 31.5 Å². The summed E-state index contributed by atoms with van der Waals surface area (Å²) in [6.07, 6.45) is 2.34. The molecule has 7 nitrogen and oxygen atoms in total. The normalized spacial score (nSPS) is 25.3. The summed E-state index contributed by atoms with van der Waals surface area (Å²) in [7, 11) is 3.31. The Balaban J connectivity index is 1.50. The second kappa shape index (κ2) is 8.60. The van der Waals surface area contributed by atoms with Crippen molar-refractivity contribution < 1.29 is 19.0 Å². The lowest BCUT2D eigenvalue weighted by atomic mass is 10.1. The van der Waals surface area contributed by atoms with Crippen LogP contribution in [0.2, 0.25) is 0 Å². The maximum Gasteiger partial charge on any atom is 0.249 e. The van der Waals surface area contributed by atoms with Gasteiger partial charge in [0.15, 0.2) is 0 Å². The van der Waals surface area contributed by atoms with Gasteiger partial charge in [-0.1, -0.05) is 0 Å². The molecule has 3 N–H and O–H groups in total. The molecule has 0 bridgehead atoms. The monoisotopic (exact) mass is 363 g/mol. The number of rotatable bonds is 7. The lowest BCUT2D eigenvalue weighted by Gasteiger charge is -2.21. The smallest absolute Gasteiger partial charge is 0.249 e. The highest BCUT2D eigenvalue weighted by Crippen LogP contribution is 2.31. The highest BCUT2D eigenvalue weighted by Gasteiger charge is 2.31. The van der Waals surface area contributed by atoms with E-state index in [1.807, 2.05) is 18.2 Å². The maximum absolute atomic E-state index is 12.3. The van der Waals surface area contributed by atoms with Crippen LogP contribution in [0.25, 0.3) is 0 Å². The first-order valence-electron chi connectivity index (χ1n) is 9.24. The molecule has 0 radical (unpaired) electrons. The molecule has 144 valence electrons. The summed E-state index contributed by atoms with van der Waals surface area (Å²) in [5.74, 6) is 1.97.